The Balaban J connectivity index is 2.32. The van der Waals surface area contributed by atoms with E-state index in [9.17, 15) is 0 Å². The Morgan fingerprint density at radius 2 is 1.94 bits per heavy atom. The zero-order valence-corrected chi connectivity index (χ0v) is 9.49. The average Bonchev–Trinajstić information content (AvgIpc) is 2.27. The van der Waals surface area contributed by atoms with E-state index in [0.717, 1.165) is 17.1 Å². The molecular weight excluding hydrogens is 198 g/mol. The molecule has 3 heteroatoms. The van der Waals surface area contributed by atoms with Crippen molar-refractivity contribution in [3.8, 4) is 0 Å². The number of hydrogen-bond acceptors (Lipinski definition) is 3. The van der Waals surface area contributed by atoms with Crippen LogP contribution in [-0.2, 0) is 0 Å². The molecule has 16 heavy (non-hydrogen) atoms. The first kappa shape index (κ1) is 10.5. The van der Waals surface area contributed by atoms with Crippen molar-refractivity contribution in [1.29, 1.82) is 0 Å². The molecule has 1 aromatic carbocycles. The van der Waals surface area contributed by atoms with E-state index in [-0.39, 0.29) is 0 Å². The largest absolute Gasteiger partial charge is 0.397 e. The van der Waals surface area contributed by atoms with Gasteiger partial charge in [0.1, 0.15) is 0 Å². The van der Waals surface area contributed by atoms with Gasteiger partial charge in [0.05, 0.1) is 23.3 Å². The fraction of sp³-hybridized carbons (Fsp3) is 0.154. The van der Waals surface area contributed by atoms with Gasteiger partial charge < -0.3 is 11.1 Å². The summed E-state index contributed by atoms with van der Waals surface area (Å²) in [7, 11) is 0. The first-order valence-electron chi connectivity index (χ1n) is 5.20. The standard InChI is InChI=1S/C13H15N3/c1-9-6-12(14)13(7-10(9)2)16-11-4-3-5-15-8-11/h3-8,16H,14H2,1-2H3. The van der Waals surface area contributed by atoms with Gasteiger partial charge in [0.2, 0.25) is 0 Å². The van der Waals surface area contributed by atoms with Crippen LogP contribution in [0.3, 0.4) is 0 Å². The van der Waals surface area contributed by atoms with E-state index in [2.05, 4.69) is 30.2 Å². The van der Waals surface area contributed by atoms with Gasteiger partial charge in [-0.15, -0.1) is 0 Å². The first-order valence-corrected chi connectivity index (χ1v) is 5.20. The molecule has 82 valence electrons. The van der Waals surface area contributed by atoms with Crippen LogP contribution in [-0.4, -0.2) is 4.98 Å². The zero-order chi connectivity index (χ0) is 11.5. The highest BCUT2D eigenvalue weighted by atomic mass is 14.9. The van der Waals surface area contributed by atoms with E-state index in [0.29, 0.717) is 0 Å². The van der Waals surface area contributed by atoms with Gasteiger partial charge in [0, 0.05) is 6.20 Å². The molecule has 1 aromatic heterocycles. The lowest BCUT2D eigenvalue weighted by atomic mass is 10.1. The molecule has 2 rings (SSSR count). The molecule has 0 radical (unpaired) electrons. The minimum Gasteiger partial charge on any atom is -0.397 e. The van der Waals surface area contributed by atoms with Gasteiger partial charge in [-0.1, -0.05) is 0 Å². The molecule has 2 aromatic rings. The molecular formula is C13H15N3. The summed E-state index contributed by atoms with van der Waals surface area (Å²) in [6.45, 7) is 4.13. The Kier molecular flexibility index (Phi) is 2.77. The van der Waals surface area contributed by atoms with Crippen LogP contribution in [0.1, 0.15) is 11.1 Å². The number of hydrogen-bond donors (Lipinski definition) is 2. The van der Waals surface area contributed by atoms with Crippen molar-refractivity contribution < 1.29 is 0 Å². The van der Waals surface area contributed by atoms with Crippen LogP contribution in [0.25, 0.3) is 0 Å². The Bertz CT molecular complexity index is 492. The highest BCUT2D eigenvalue weighted by molar-refractivity contribution is 5.73. The molecule has 0 atom stereocenters. The summed E-state index contributed by atoms with van der Waals surface area (Å²) in [4.78, 5) is 4.05. The summed E-state index contributed by atoms with van der Waals surface area (Å²) in [6.07, 6.45) is 3.52. The van der Waals surface area contributed by atoms with Crippen LogP contribution >= 0.6 is 0 Å². The van der Waals surface area contributed by atoms with Gasteiger partial charge in [-0.3, -0.25) is 4.98 Å². The molecule has 3 N–H and O–H groups in total. The second kappa shape index (κ2) is 4.23. The van der Waals surface area contributed by atoms with Gasteiger partial charge in [-0.05, 0) is 49.2 Å². The summed E-state index contributed by atoms with van der Waals surface area (Å²) >= 11 is 0. The molecule has 0 fully saturated rings. The van der Waals surface area contributed by atoms with E-state index < -0.39 is 0 Å². The summed E-state index contributed by atoms with van der Waals surface area (Å²) in [5.41, 5.74) is 11.0. The predicted molar refractivity (Wildman–Crippen MR) is 67.8 cm³/mol. The SMILES string of the molecule is Cc1cc(N)c(Nc2cccnc2)cc1C. The average molecular weight is 213 g/mol. The van der Waals surface area contributed by atoms with Crippen molar-refractivity contribution in [2.45, 2.75) is 13.8 Å². The quantitative estimate of drug-likeness (QED) is 0.754. The van der Waals surface area contributed by atoms with Crippen LogP contribution in [0.15, 0.2) is 36.7 Å². The second-order valence-corrected chi connectivity index (χ2v) is 3.89. The lowest BCUT2D eigenvalue weighted by Crippen LogP contribution is -1.98. The van der Waals surface area contributed by atoms with Gasteiger partial charge in [0.25, 0.3) is 0 Å². The van der Waals surface area contributed by atoms with Crippen LogP contribution in [0.5, 0.6) is 0 Å². The van der Waals surface area contributed by atoms with Crippen molar-refractivity contribution in [2.24, 2.45) is 0 Å². The van der Waals surface area contributed by atoms with Crippen LogP contribution < -0.4 is 11.1 Å². The number of aryl methyl sites for hydroxylation is 2. The Hall–Kier alpha value is -2.03. The van der Waals surface area contributed by atoms with Gasteiger partial charge in [0.15, 0.2) is 0 Å². The predicted octanol–water partition coefficient (Wildman–Crippen LogP) is 3.02. The van der Waals surface area contributed by atoms with E-state index in [1.54, 1.807) is 12.4 Å². The molecule has 0 bridgehead atoms. The lowest BCUT2D eigenvalue weighted by Gasteiger charge is -2.11. The number of benzene rings is 1. The van der Waals surface area contributed by atoms with Crippen molar-refractivity contribution in [1.82, 2.24) is 4.98 Å². The smallest absolute Gasteiger partial charge is 0.0621 e. The molecule has 1 heterocycles. The third-order valence-corrected chi connectivity index (χ3v) is 2.61. The molecule has 0 aliphatic heterocycles. The van der Waals surface area contributed by atoms with Crippen molar-refractivity contribution in [3.05, 3.63) is 47.8 Å². The van der Waals surface area contributed by atoms with Crippen LogP contribution in [0.4, 0.5) is 17.1 Å². The minimum atomic E-state index is 0.756. The van der Waals surface area contributed by atoms with Gasteiger partial charge >= 0.3 is 0 Å². The highest BCUT2D eigenvalue weighted by Gasteiger charge is 2.02. The van der Waals surface area contributed by atoms with Crippen LogP contribution in [0, 0.1) is 13.8 Å². The summed E-state index contributed by atoms with van der Waals surface area (Å²) in [5.74, 6) is 0. The Morgan fingerprint density at radius 1 is 1.19 bits per heavy atom. The van der Waals surface area contributed by atoms with E-state index in [1.165, 1.54) is 11.1 Å². The molecule has 0 saturated heterocycles. The highest BCUT2D eigenvalue weighted by Crippen LogP contribution is 2.25. The fourth-order valence-corrected chi connectivity index (χ4v) is 1.54. The summed E-state index contributed by atoms with van der Waals surface area (Å²) < 4.78 is 0. The fourth-order valence-electron chi connectivity index (χ4n) is 1.54. The van der Waals surface area contributed by atoms with Gasteiger partial charge in [-0.25, -0.2) is 0 Å². The zero-order valence-electron chi connectivity index (χ0n) is 9.49. The van der Waals surface area contributed by atoms with Crippen molar-refractivity contribution in [2.75, 3.05) is 11.1 Å². The maximum absolute atomic E-state index is 5.96. The Morgan fingerprint density at radius 3 is 2.62 bits per heavy atom. The van der Waals surface area contributed by atoms with Crippen LogP contribution in [0.2, 0.25) is 0 Å². The van der Waals surface area contributed by atoms with E-state index >= 15 is 0 Å². The minimum absolute atomic E-state index is 0.756. The third kappa shape index (κ3) is 2.14. The lowest BCUT2D eigenvalue weighted by molar-refractivity contribution is 1.31. The number of aromatic nitrogens is 1. The number of nitrogens with zero attached hydrogens (tertiary/aromatic N) is 1. The molecule has 3 nitrogen and oxygen atoms in total. The topological polar surface area (TPSA) is 50.9 Å². The van der Waals surface area contributed by atoms with E-state index in [4.69, 9.17) is 5.73 Å². The Labute approximate surface area is 95.3 Å². The molecule has 0 amide bonds. The maximum atomic E-state index is 5.96. The molecule has 0 saturated carbocycles. The second-order valence-electron chi connectivity index (χ2n) is 3.89. The number of anilines is 3. The van der Waals surface area contributed by atoms with Gasteiger partial charge in [-0.2, -0.15) is 0 Å². The van der Waals surface area contributed by atoms with E-state index in [1.807, 2.05) is 18.2 Å². The number of nitrogens with one attached hydrogen (secondary N) is 1. The summed E-state index contributed by atoms with van der Waals surface area (Å²) in [5, 5.41) is 3.25. The number of nitrogen functional groups attached to an aromatic ring is 1. The number of rotatable bonds is 2. The monoisotopic (exact) mass is 213 g/mol. The molecule has 0 aliphatic carbocycles. The number of nitrogens with two attached hydrogens (primary N) is 1. The molecule has 0 unspecified atom stereocenters. The maximum Gasteiger partial charge on any atom is 0.0621 e. The normalized spacial score (nSPS) is 10.1. The van der Waals surface area contributed by atoms with Crippen molar-refractivity contribution >= 4 is 17.1 Å². The summed E-state index contributed by atoms with van der Waals surface area (Å²) in [6, 6.07) is 7.88. The molecule has 0 aliphatic rings. The first-order chi connectivity index (χ1) is 7.66. The number of pyridine rings is 1. The molecule has 0 spiro atoms. The van der Waals surface area contributed by atoms with Crippen molar-refractivity contribution in [3.63, 3.8) is 0 Å². The third-order valence-electron chi connectivity index (χ3n) is 2.61.